The number of fused-ring (bicyclic) bond motifs is 1. The number of H-pyrrole nitrogens is 1. The average Bonchev–Trinajstić information content (AvgIpc) is 3.05. The van der Waals surface area contributed by atoms with Crippen LogP contribution in [-0.2, 0) is 0 Å². The lowest BCUT2D eigenvalue weighted by molar-refractivity contribution is 0.631. The van der Waals surface area contributed by atoms with E-state index in [4.69, 9.17) is 11.6 Å². The van der Waals surface area contributed by atoms with Gasteiger partial charge in [0.25, 0.3) is 0 Å². The SMILES string of the molecule is Cc1cnc2ccc(-c3[nH]cnc3-c3cc(Cl)ccc3F)nc2c1. The van der Waals surface area contributed by atoms with Crippen molar-refractivity contribution >= 4 is 22.6 Å². The largest absolute Gasteiger partial charge is 0.343 e. The molecule has 118 valence electrons. The Labute approximate surface area is 142 Å². The maximum absolute atomic E-state index is 14.2. The number of aromatic nitrogens is 4. The van der Waals surface area contributed by atoms with E-state index in [1.807, 2.05) is 25.1 Å². The van der Waals surface area contributed by atoms with Crippen LogP contribution in [0.2, 0.25) is 5.02 Å². The maximum Gasteiger partial charge on any atom is 0.132 e. The number of halogens is 2. The lowest BCUT2D eigenvalue weighted by Gasteiger charge is -2.06. The summed E-state index contributed by atoms with van der Waals surface area (Å²) >= 11 is 6.00. The van der Waals surface area contributed by atoms with Gasteiger partial charge in [0.15, 0.2) is 0 Å². The standard InChI is InChI=1S/C18H12ClFN4/c1-10-6-16-14(21-8-10)4-5-15(24-16)18-17(22-9-23-18)12-7-11(19)2-3-13(12)20/h2-9H,1H3,(H,22,23). The first-order chi connectivity index (χ1) is 11.6. The van der Waals surface area contributed by atoms with Crippen molar-refractivity contribution in [3.8, 4) is 22.6 Å². The van der Waals surface area contributed by atoms with E-state index in [1.165, 1.54) is 18.5 Å². The fourth-order valence-electron chi connectivity index (χ4n) is 2.62. The van der Waals surface area contributed by atoms with Crippen LogP contribution in [0, 0.1) is 12.7 Å². The van der Waals surface area contributed by atoms with E-state index < -0.39 is 0 Å². The highest BCUT2D eigenvalue weighted by molar-refractivity contribution is 6.30. The Morgan fingerprint density at radius 3 is 2.79 bits per heavy atom. The van der Waals surface area contributed by atoms with Crippen LogP contribution in [0.4, 0.5) is 4.39 Å². The number of imidazole rings is 1. The van der Waals surface area contributed by atoms with Crippen molar-refractivity contribution in [1.29, 1.82) is 0 Å². The van der Waals surface area contributed by atoms with E-state index in [9.17, 15) is 4.39 Å². The second-order valence-electron chi connectivity index (χ2n) is 5.50. The van der Waals surface area contributed by atoms with Crippen LogP contribution in [-0.4, -0.2) is 19.9 Å². The summed E-state index contributed by atoms with van der Waals surface area (Å²) in [6.45, 7) is 1.96. The Hall–Kier alpha value is -2.79. The normalized spacial score (nSPS) is 11.1. The quantitative estimate of drug-likeness (QED) is 0.572. The van der Waals surface area contributed by atoms with E-state index in [2.05, 4.69) is 19.9 Å². The second kappa shape index (κ2) is 5.69. The van der Waals surface area contributed by atoms with Gasteiger partial charge < -0.3 is 4.98 Å². The highest BCUT2D eigenvalue weighted by Crippen LogP contribution is 2.32. The minimum Gasteiger partial charge on any atom is -0.343 e. The number of aromatic amines is 1. The molecule has 24 heavy (non-hydrogen) atoms. The topological polar surface area (TPSA) is 54.5 Å². The molecule has 0 aliphatic rings. The van der Waals surface area contributed by atoms with Crippen molar-refractivity contribution in [1.82, 2.24) is 19.9 Å². The number of nitrogens with zero attached hydrogens (tertiary/aromatic N) is 3. The molecule has 0 aliphatic heterocycles. The van der Waals surface area contributed by atoms with Gasteiger partial charge >= 0.3 is 0 Å². The smallest absolute Gasteiger partial charge is 0.132 e. The third kappa shape index (κ3) is 2.53. The first-order valence-corrected chi connectivity index (χ1v) is 7.72. The van der Waals surface area contributed by atoms with E-state index in [0.717, 1.165) is 16.6 Å². The lowest BCUT2D eigenvalue weighted by atomic mass is 10.1. The predicted octanol–water partition coefficient (Wildman–Crippen LogP) is 4.79. The second-order valence-corrected chi connectivity index (χ2v) is 5.93. The summed E-state index contributed by atoms with van der Waals surface area (Å²) < 4.78 is 14.2. The van der Waals surface area contributed by atoms with Gasteiger partial charge in [-0.1, -0.05) is 11.6 Å². The Kier molecular flexibility index (Phi) is 3.50. The highest BCUT2D eigenvalue weighted by atomic mass is 35.5. The zero-order valence-electron chi connectivity index (χ0n) is 12.7. The van der Waals surface area contributed by atoms with Crippen molar-refractivity contribution in [2.45, 2.75) is 6.92 Å². The molecule has 0 saturated heterocycles. The molecule has 0 bridgehead atoms. The molecular formula is C18H12ClFN4. The van der Waals surface area contributed by atoms with Crippen LogP contribution >= 0.6 is 11.6 Å². The molecule has 0 atom stereocenters. The molecule has 0 unspecified atom stereocenters. The summed E-state index contributed by atoms with van der Waals surface area (Å²) in [5, 5.41) is 0.451. The van der Waals surface area contributed by atoms with E-state index in [-0.39, 0.29) is 5.82 Å². The number of aryl methyl sites for hydroxylation is 1. The average molecular weight is 339 g/mol. The van der Waals surface area contributed by atoms with Crippen LogP contribution in [0.5, 0.6) is 0 Å². The van der Waals surface area contributed by atoms with E-state index >= 15 is 0 Å². The summed E-state index contributed by atoms with van der Waals surface area (Å²) in [6, 6.07) is 10.1. The van der Waals surface area contributed by atoms with Gasteiger partial charge in [0.05, 0.1) is 28.7 Å². The number of benzene rings is 1. The van der Waals surface area contributed by atoms with Gasteiger partial charge in [-0.3, -0.25) is 4.98 Å². The first-order valence-electron chi connectivity index (χ1n) is 7.34. The Morgan fingerprint density at radius 1 is 1.04 bits per heavy atom. The molecule has 1 N–H and O–H groups in total. The molecule has 3 heterocycles. The monoisotopic (exact) mass is 338 g/mol. The van der Waals surface area contributed by atoms with E-state index in [1.54, 1.807) is 12.3 Å². The van der Waals surface area contributed by atoms with Gasteiger partial charge in [-0.2, -0.15) is 0 Å². The van der Waals surface area contributed by atoms with Gasteiger partial charge in [0, 0.05) is 16.8 Å². The molecule has 0 amide bonds. The number of rotatable bonds is 2. The number of nitrogens with one attached hydrogen (secondary N) is 1. The molecule has 0 aliphatic carbocycles. The van der Waals surface area contributed by atoms with Gasteiger partial charge in [-0.25, -0.2) is 14.4 Å². The summed E-state index contributed by atoms with van der Waals surface area (Å²) in [7, 11) is 0. The highest BCUT2D eigenvalue weighted by Gasteiger charge is 2.16. The predicted molar refractivity (Wildman–Crippen MR) is 92.3 cm³/mol. The fraction of sp³-hybridized carbons (Fsp3) is 0.0556. The van der Waals surface area contributed by atoms with Gasteiger partial charge in [-0.15, -0.1) is 0 Å². The lowest BCUT2D eigenvalue weighted by Crippen LogP contribution is -1.92. The van der Waals surface area contributed by atoms with Crippen LogP contribution in [0.1, 0.15) is 5.56 Å². The summed E-state index contributed by atoms with van der Waals surface area (Å²) in [5.74, 6) is -0.383. The number of hydrogen-bond acceptors (Lipinski definition) is 3. The third-order valence-electron chi connectivity index (χ3n) is 3.75. The molecule has 6 heteroatoms. The van der Waals surface area contributed by atoms with Crippen molar-refractivity contribution in [3.05, 3.63) is 65.3 Å². The molecule has 3 aromatic heterocycles. The minimum absolute atomic E-state index is 0.336. The molecule has 4 nitrogen and oxygen atoms in total. The molecule has 1 aromatic carbocycles. The van der Waals surface area contributed by atoms with Crippen molar-refractivity contribution in [2.24, 2.45) is 0 Å². The van der Waals surface area contributed by atoms with Gasteiger partial charge in [0.1, 0.15) is 11.5 Å². The molecule has 4 rings (SSSR count). The first kappa shape index (κ1) is 14.8. The van der Waals surface area contributed by atoms with Gasteiger partial charge in [-0.05, 0) is 48.9 Å². The molecule has 4 aromatic rings. The van der Waals surface area contributed by atoms with Gasteiger partial charge in [0.2, 0.25) is 0 Å². The molecule has 0 radical (unpaired) electrons. The Balaban J connectivity index is 1.89. The van der Waals surface area contributed by atoms with E-state index in [0.29, 0.717) is 27.7 Å². The van der Waals surface area contributed by atoms with Crippen molar-refractivity contribution in [2.75, 3.05) is 0 Å². The zero-order valence-corrected chi connectivity index (χ0v) is 13.5. The van der Waals surface area contributed by atoms with Crippen molar-refractivity contribution < 1.29 is 4.39 Å². The zero-order chi connectivity index (χ0) is 16.7. The third-order valence-corrected chi connectivity index (χ3v) is 3.99. The number of pyridine rings is 2. The molecular weight excluding hydrogens is 327 g/mol. The summed E-state index contributed by atoms with van der Waals surface area (Å²) in [5.41, 5.74) is 4.73. The van der Waals surface area contributed by atoms with Crippen molar-refractivity contribution in [3.63, 3.8) is 0 Å². The fourth-order valence-corrected chi connectivity index (χ4v) is 2.79. The molecule has 0 spiro atoms. The Morgan fingerprint density at radius 2 is 1.92 bits per heavy atom. The summed E-state index contributed by atoms with van der Waals surface area (Å²) in [4.78, 5) is 16.3. The Bertz CT molecular complexity index is 1060. The van der Waals surface area contributed by atoms with Crippen LogP contribution in [0.3, 0.4) is 0 Å². The minimum atomic E-state index is -0.383. The van der Waals surface area contributed by atoms with Crippen LogP contribution in [0.15, 0.2) is 48.9 Å². The molecule has 0 fully saturated rings. The summed E-state index contributed by atoms with van der Waals surface area (Å²) in [6.07, 6.45) is 3.32. The maximum atomic E-state index is 14.2. The van der Waals surface area contributed by atoms with Crippen LogP contribution < -0.4 is 0 Å². The number of hydrogen-bond donors (Lipinski definition) is 1. The van der Waals surface area contributed by atoms with Crippen LogP contribution in [0.25, 0.3) is 33.7 Å². The molecule has 0 saturated carbocycles.